The van der Waals surface area contributed by atoms with Crippen LogP contribution in [-0.4, -0.2) is 27.5 Å². The molecule has 3 aromatic rings. The van der Waals surface area contributed by atoms with Gasteiger partial charge in [-0.2, -0.15) is 4.39 Å². The molecular weight excluding hydrogens is 383 g/mol. The Balaban J connectivity index is 1.73. The Morgan fingerprint density at radius 1 is 1.24 bits per heavy atom. The Labute approximate surface area is 163 Å². The molecule has 2 aromatic carbocycles. The molecule has 0 aliphatic carbocycles. The summed E-state index contributed by atoms with van der Waals surface area (Å²) >= 11 is 0. The summed E-state index contributed by atoms with van der Waals surface area (Å²) in [7, 11) is 1.55. The number of aromatic nitrogens is 2. The highest BCUT2D eigenvalue weighted by Crippen LogP contribution is 2.22. The summed E-state index contributed by atoms with van der Waals surface area (Å²) < 4.78 is 19.5. The van der Waals surface area contributed by atoms with Gasteiger partial charge in [-0.3, -0.25) is 24.3 Å². The van der Waals surface area contributed by atoms with Crippen molar-refractivity contribution >= 4 is 17.3 Å². The van der Waals surface area contributed by atoms with E-state index in [9.17, 15) is 24.1 Å². The number of ether oxygens (including phenoxy) is 1. The van der Waals surface area contributed by atoms with Crippen molar-refractivity contribution in [2.24, 2.45) is 0 Å². The number of hydrogen-bond acceptors (Lipinski definition) is 6. The van der Waals surface area contributed by atoms with Gasteiger partial charge in [0.15, 0.2) is 0 Å². The normalized spacial score (nSPS) is 10.4. The predicted molar refractivity (Wildman–Crippen MR) is 102 cm³/mol. The van der Waals surface area contributed by atoms with E-state index < -0.39 is 27.9 Å². The molecule has 0 aliphatic rings. The number of nitro benzene ring substituents is 1. The molecule has 0 fully saturated rings. The number of nitrogens with zero attached hydrogens (tertiary/aromatic N) is 3. The quantitative estimate of drug-likeness (QED) is 0.504. The van der Waals surface area contributed by atoms with Gasteiger partial charge in [0.05, 0.1) is 24.1 Å². The lowest BCUT2D eigenvalue weighted by molar-refractivity contribution is -0.387. The third kappa shape index (κ3) is 4.61. The van der Waals surface area contributed by atoms with E-state index in [1.807, 2.05) is 0 Å². The lowest BCUT2D eigenvalue weighted by Crippen LogP contribution is -2.27. The Bertz CT molecular complexity index is 1130. The molecule has 1 aromatic heterocycles. The number of nitro groups is 1. The molecule has 0 unspecified atom stereocenters. The third-order valence-electron chi connectivity index (χ3n) is 4.01. The first-order chi connectivity index (χ1) is 13.9. The molecule has 148 valence electrons. The molecule has 10 heteroatoms. The molecule has 0 saturated carbocycles. The highest BCUT2D eigenvalue weighted by Gasteiger charge is 2.15. The molecule has 3 rings (SSSR count). The van der Waals surface area contributed by atoms with Gasteiger partial charge >= 0.3 is 5.69 Å². The zero-order valence-corrected chi connectivity index (χ0v) is 15.2. The molecule has 1 heterocycles. The SMILES string of the molecule is COc1ccc(-c2cc(=O)n(CC(=O)Nc3ccc(F)c([N+](=O)[O-])c3)cn2)cc1. The van der Waals surface area contributed by atoms with Crippen LogP contribution in [0, 0.1) is 15.9 Å². The minimum atomic E-state index is -1.01. The van der Waals surface area contributed by atoms with Gasteiger partial charge in [0.25, 0.3) is 5.56 Å². The first-order valence-corrected chi connectivity index (χ1v) is 8.32. The lowest BCUT2D eigenvalue weighted by atomic mass is 10.1. The van der Waals surface area contributed by atoms with Gasteiger partial charge in [-0.25, -0.2) is 4.98 Å². The van der Waals surface area contributed by atoms with Crippen molar-refractivity contribution in [3.8, 4) is 17.0 Å². The summed E-state index contributed by atoms with van der Waals surface area (Å²) in [6.07, 6.45) is 1.23. The van der Waals surface area contributed by atoms with Crippen LogP contribution in [0.5, 0.6) is 5.75 Å². The highest BCUT2D eigenvalue weighted by molar-refractivity contribution is 5.90. The topological polar surface area (TPSA) is 116 Å². The first-order valence-electron chi connectivity index (χ1n) is 8.32. The van der Waals surface area contributed by atoms with E-state index in [4.69, 9.17) is 4.74 Å². The number of halogens is 1. The van der Waals surface area contributed by atoms with Crippen molar-refractivity contribution < 1.29 is 18.8 Å². The van der Waals surface area contributed by atoms with E-state index in [1.165, 1.54) is 18.5 Å². The fourth-order valence-electron chi connectivity index (χ4n) is 2.55. The van der Waals surface area contributed by atoms with Crippen LogP contribution in [0.2, 0.25) is 0 Å². The number of rotatable bonds is 6. The Hall–Kier alpha value is -4.08. The fraction of sp³-hybridized carbons (Fsp3) is 0.105. The maximum absolute atomic E-state index is 13.4. The van der Waals surface area contributed by atoms with Crippen LogP contribution in [-0.2, 0) is 11.3 Å². The van der Waals surface area contributed by atoms with Crippen molar-refractivity contribution in [1.82, 2.24) is 9.55 Å². The highest BCUT2D eigenvalue weighted by atomic mass is 19.1. The van der Waals surface area contributed by atoms with Crippen LogP contribution < -0.4 is 15.6 Å². The lowest BCUT2D eigenvalue weighted by Gasteiger charge is -2.08. The van der Waals surface area contributed by atoms with Gasteiger partial charge in [0, 0.05) is 23.4 Å². The van der Waals surface area contributed by atoms with E-state index in [1.54, 1.807) is 31.4 Å². The minimum absolute atomic E-state index is 0.0407. The Kier molecular flexibility index (Phi) is 5.63. The number of hydrogen-bond donors (Lipinski definition) is 1. The number of carbonyl (C=O) groups excluding carboxylic acids is 1. The summed E-state index contributed by atoms with van der Waals surface area (Å²) in [5.74, 6) is -0.964. The first kappa shape index (κ1) is 19.7. The second-order valence-electron chi connectivity index (χ2n) is 5.94. The molecule has 0 saturated heterocycles. The summed E-state index contributed by atoms with van der Waals surface area (Å²) in [6, 6.07) is 11.2. The molecule has 0 atom stereocenters. The third-order valence-corrected chi connectivity index (χ3v) is 4.01. The zero-order valence-electron chi connectivity index (χ0n) is 15.2. The van der Waals surface area contributed by atoms with E-state index in [2.05, 4.69) is 10.3 Å². The summed E-state index contributed by atoms with van der Waals surface area (Å²) in [6.45, 7) is -0.361. The van der Waals surface area contributed by atoms with E-state index in [0.29, 0.717) is 17.0 Å². The number of nitrogens with one attached hydrogen (secondary N) is 1. The molecule has 9 nitrogen and oxygen atoms in total. The van der Waals surface area contributed by atoms with E-state index in [-0.39, 0.29) is 12.2 Å². The van der Waals surface area contributed by atoms with Gasteiger partial charge in [-0.05, 0) is 36.4 Å². The molecule has 1 amide bonds. The van der Waals surface area contributed by atoms with E-state index in [0.717, 1.165) is 16.7 Å². The average Bonchev–Trinajstić information content (AvgIpc) is 2.71. The van der Waals surface area contributed by atoms with Crippen molar-refractivity contribution in [2.75, 3.05) is 12.4 Å². The van der Waals surface area contributed by atoms with Crippen LogP contribution in [0.3, 0.4) is 0 Å². The second kappa shape index (κ2) is 8.30. The van der Waals surface area contributed by atoms with Crippen molar-refractivity contribution in [3.05, 3.63) is 81.1 Å². The van der Waals surface area contributed by atoms with Crippen LogP contribution in [0.1, 0.15) is 0 Å². The van der Waals surface area contributed by atoms with E-state index >= 15 is 0 Å². The van der Waals surface area contributed by atoms with Gasteiger partial charge in [0.2, 0.25) is 11.7 Å². The van der Waals surface area contributed by atoms with Gasteiger partial charge in [-0.15, -0.1) is 0 Å². The van der Waals surface area contributed by atoms with Crippen molar-refractivity contribution in [2.45, 2.75) is 6.54 Å². The summed E-state index contributed by atoms with van der Waals surface area (Å²) in [5, 5.41) is 13.2. The molecule has 0 spiro atoms. The predicted octanol–water partition coefficient (Wildman–Crippen LogP) is 2.60. The van der Waals surface area contributed by atoms with Crippen LogP contribution >= 0.6 is 0 Å². The summed E-state index contributed by atoms with van der Waals surface area (Å²) in [4.78, 5) is 38.5. The Morgan fingerprint density at radius 2 is 1.97 bits per heavy atom. The summed E-state index contributed by atoms with van der Waals surface area (Å²) in [5.41, 5.74) is -0.0305. The van der Waals surface area contributed by atoms with Gasteiger partial charge in [-0.1, -0.05) is 0 Å². The second-order valence-corrected chi connectivity index (χ2v) is 5.94. The smallest absolute Gasteiger partial charge is 0.306 e. The number of methoxy groups -OCH3 is 1. The van der Waals surface area contributed by atoms with Gasteiger partial charge in [0.1, 0.15) is 12.3 Å². The molecule has 0 aliphatic heterocycles. The van der Waals surface area contributed by atoms with Crippen LogP contribution in [0.15, 0.2) is 59.7 Å². The molecule has 29 heavy (non-hydrogen) atoms. The van der Waals surface area contributed by atoms with Crippen LogP contribution in [0.25, 0.3) is 11.3 Å². The molecule has 0 bridgehead atoms. The number of benzene rings is 2. The fourth-order valence-corrected chi connectivity index (χ4v) is 2.55. The maximum Gasteiger partial charge on any atom is 0.306 e. The average molecular weight is 398 g/mol. The maximum atomic E-state index is 13.4. The standard InChI is InChI=1S/C19H15FN4O5/c1-29-14-5-2-12(3-6-14)16-9-19(26)23(11-21-16)10-18(25)22-13-4-7-15(20)17(8-13)24(27)28/h2-9,11H,10H2,1H3,(H,22,25). The largest absolute Gasteiger partial charge is 0.497 e. The Morgan fingerprint density at radius 3 is 2.59 bits per heavy atom. The van der Waals surface area contributed by atoms with Crippen molar-refractivity contribution in [1.29, 1.82) is 0 Å². The number of carbonyl (C=O) groups is 1. The number of anilines is 1. The minimum Gasteiger partial charge on any atom is -0.497 e. The molecule has 0 radical (unpaired) electrons. The zero-order chi connectivity index (χ0) is 21.0. The number of amides is 1. The van der Waals surface area contributed by atoms with Crippen LogP contribution in [0.4, 0.5) is 15.8 Å². The monoisotopic (exact) mass is 398 g/mol. The molecule has 1 N–H and O–H groups in total. The van der Waals surface area contributed by atoms with Crippen molar-refractivity contribution in [3.63, 3.8) is 0 Å². The van der Waals surface area contributed by atoms with Gasteiger partial charge < -0.3 is 10.1 Å². The molecular formula is C19H15FN4O5.